The van der Waals surface area contributed by atoms with Gasteiger partial charge in [-0.3, -0.25) is 0 Å². The lowest BCUT2D eigenvalue weighted by Crippen LogP contribution is -2.17. The second-order valence-corrected chi connectivity index (χ2v) is 3.45. The first-order chi connectivity index (χ1) is 6.79. The van der Waals surface area contributed by atoms with Crippen molar-refractivity contribution in [1.29, 1.82) is 0 Å². The summed E-state index contributed by atoms with van der Waals surface area (Å²) in [6.07, 6.45) is 1.08. The molecule has 0 aliphatic rings. The Morgan fingerprint density at radius 3 is 2.64 bits per heavy atom. The first-order valence-corrected chi connectivity index (χ1v) is 5.16. The van der Waals surface area contributed by atoms with Crippen LogP contribution in [-0.2, 0) is 4.74 Å². The van der Waals surface area contributed by atoms with Crippen LogP contribution in [0.5, 0.6) is 0 Å². The maximum absolute atomic E-state index is 5.69. The molecule has 14 heavy (non-hydrogen) atoms. The zero-order chi connectivity index (χ0) is 10.4. The molecule has 0 aromatic heterocycles. The molecule has 1 atom stereocenters. The maximum Gasteiger partial charge on any atom is 0.0949 e. The predicted molar refractivity (Wildman–Crippen MR) is 59.2 cm³/mol. The van der Waals surface area contributed by atoms with Crippen molar-refractivity contribution in [1.82, 2.24) is 0 Å². The molecule has 0 fully saturated rings. The van der Waals surface area contributed by atoms with Crippen molar-refractivity contribution in [3.05, 3.63) is 35.4 Å². The number of ether oxygens (including phenoxy) is 1. The third-order valence-corrected chi connectivity index (χ3v) is 2.27. The van der Waals surface area contributed by atoms with Gasteiger partial charge in [-0.15, -0.1) is 0 Å². The van der Waals surface area contributed by atoms with E-state index in [9.17, 15) is 0 Å². The summed E-state index contributed by atoms with van der Waals surface area (Å²) in [7, 11) is 0. The summed E-state index contributed by atoms with van der Waals surface area (Å²) in [5.41, 5.74) is 8.15. The Morgan fingerprint density at radius 1 is 1.36 bits per heavy atom. The van der Waals surface area contributed by atoms with Gasteiger partial charge in [0.15, 0.2) is 0 Å². The average molecular weight is 193 g/mol. The van der Waals surface area contributed by atoms with Gasteiger partial charge < -0.3 is 10.5 Å². The van der Waals surface area contributed by atoms with Crippen molar-refractivity contribution in [2.24, 2.45) is 5.73 Å². The molecule has 0 radical (unpaired) electrons. The van der Waals surface area contributed by atoms with Gasteiger partial charge in [-0.05, 0) is 24.5 Å². The van der Waals surface area contributed by atoms with Gasteiger partial charge in [0.25, 0.3) is 0 Å². The highest BCUT2D eigenvalue weighted by molar-refractivity contribution is 5.27. The number of aryl methyl sites for hydroxylation is 1. The van der Waals surface area contributed by atoms with Crippen molar-refractivity contribution in [2.45, 2.75) is 26.4 Å². The first kappa shape index (κ1) is 11.2. The van der Waals surface area contributed by atoms with E-state index in [0.717, 1.165) is 13.0 Å². The summed E-state index contributed by atoms with van der Waals surface area (Å²) < 4.78 is 5.68. The molecule has 2 N–H and O–H groups in total. The Bertz CT molecular complexity index is 273. The minimum Gasteiger partial charge on any atom is -0.372 e. The van der Waals surface area contributed by atoms with Crippen molar-refractivity contribution in [2.75, 3.05) is 13.2 Å². The van der Waals surface area contributed by atoms with Crippen molar-refractivity contribution in [3.63, 3.8) is 0 Å². The molecule has 0 spiro atoms. The highest BCUT2D eigenvalue weighted by Gasteiger charge is 2.10. The molecule has 1 rings (SSSR count). The van der Waals surface area contributed by atoms with Gasteiger partial charge in [-0.25, -0.2) is 0 Å². The summed E-state index contributed by atoms with van der Waals surface area (Å²) in [6.45, 7) is 5.51. The zero-order valence-electron chi connectivity index (χ0n) is 8.99. The van der Waals surface area contributed by atoms with Crippen molar-refractivity contribution < 1.29 is 4.74 Å². The van der Waals surface area contributed by atoms with Gasteiger partial charge in [0, 0.05) is 13.2 Å². The summed E-state index contributed by atoms with van der Waals surface area (Å²) in [5.74, 6) is 0. The van der Waals surface area contributed by atoms with E-state index < -0.39 is 0 Å². The van der Waals surface area contributed by atoms with E-state index in [-0.39, 0.29) is 6.10 Å². The van der Waals surface area contributed by atoms with Gasteiger partial charge in [-0.2, -0.15) is 0 Å². The highest BCUT2D eigenvalue weighted by atomic mass is 16.5. The fraction of sp³-hybridized carbons (Fsp3) is 0.500. The third kappa shape index (κ3) is 2.82. The topological polar surface area (TPSA) is 35.2 Å². The Morgan fingerprint density at radius 2 is 2.07 bits per heavy atom. The minimum absolute atomic E-state index is 0.0520. The summed E-state index contributed by atoms with van der Waals surface area (Å²) >= 11 is 0. The lowest BCUT2D eigenvalue weighted by molar-refractivity contribution is 0.0587. The molecule has 0 saturated carbocycles. The molecule has 0 heterocycles. The van der Waals surface area contributed by atoms with Crippen LogP contribution in [0.3, 0.4) is 0 Å². The molecule has 0 bridgehead atoms. The normalized spacial score (nSPS) is 12.8. The minimum atomic E-state index is 0.0520. The molecule has 1 unspecified atom stereocenters. The van der Waals surface area contributed by atoms with Crippen molar-refractivity contribution >= 4 is 0 Å². The lowest BCUT2D eigenvalue weighted by Gasteiger charge is -2.17. The van der Waals surface area contributed by atoms with Crippen LogP contribution in [0.4, 0.5) is 0 Å². The average Bonchev–Trinajstić information content (AvgIpc) is 2.21. The van der Waals surface area contributed by atoms with E-state index in [1.807, 2.05) is 12.1 Å². The van der Waals surface area contributed by atoms with E-state index in [2.05, 4.69) is 26.0 Å². The van der Waals surface area contributed by atoms with Gasteiger partial charge in [0.1, 0.15) is 0 Å². The number of rotatable bonds is 5. The molecular formula is C12H19NO. The van der Waals surface area contributed by atoms with E-state index in [1.165, 1.54) is 11.1 Å². The van der Waals surface area contributed by atoms with E-state index in [1.54, 1.807) is 0 Å². The zero-order valence-corrected chi connectivity index (χ0v) is 8.99. The summed E-state index contributed by atoms with van der Waals surface area (Å²) in [5, 5.41) is 0. The smallest absolute Gasteiger partial charge is 0.0949 e. The number of benzene rings is 1. The van der Waals surface area contributed by atoms with Crippen LogP contribution in [0.2, 0.25) is 0 Å². The second kappa shape index (κ2) is 5.78. The number of hydrogen-bond acceptors (Lipinski definition) is 2. The fourth-order valence-electron chi connectivity index (χ4n) is 1.49. The quantitative estimate of drug-likeness (QED) is 0.779. The van der Waals surface area contributed by atoms with E-state index in [0.29, 0.717) is 6.54 Å². The maximum atomic E-state index is 5.69. The molecule has 1 aromatic carbocycles. The molecular weight excluding hydrogens is 174 g/mol. The molecule has 0 aliphatic heterocycles. The number of nitrogens with two attached hydrogens (primary N) is 1. The predicted octanol–water partition coefficient (Wildman–Crippen LogP) is 2.42. The standard InChI is InChI=1S/C12H19NO/c1-3-8-14-12(9-13)11-7-5-4-6-10(11)2/h4-7,12H,3,8-9,13H2,1-2H3. The molecule has 0 saturated heterocycles. The Hall–Kier alpha value is -0.860. The van der Waals surface area contributed by atoms with Gasteiger partial charge in [0.05, 0.1) is 6.10 Å². The van der Waals surface area contributed by atoms with Crippen LogP contribution in [0, 0.1) is 6.92 Å². The SMILES string of the molecule is CCCOC(CN)c1ccccc1C. The Labute approximate surface area is 86.1 Å². The van der Waals surface area contributed by atoms with Gasteiger partial charge in [0.2, 0.25) is 0 Å². The third-order valence-electron chi connectivity index (χ3n) is 2.27. The monoisotopic (exact) mass is 193 g/mol. The van der Waals surface area contributed by atoms with Gasteiger partial charge in [-0.1, -0.05) is 31.2 Å². The molecule has 2 heteroatoms. The second-order valence-electron chi connectivity index (χ2n) is 3.45. The van der Waals surface area contributed by atoms with Gasteiger partial charge >= 0.3 is 0 Å². The Kier molecular flexibility index (Phi) is 4.63. The van der Waals surface area contributed by atoms with Crippen LogP contribution in [0.1, 0.15) is 30.6 Å². The largest absolute Gasteiger partial charge is 0.372 e. The first-order valence-electron chi connectivity index (χ1n) is 5.16. The van der Waals surface area contributed by atoms with Crippen molar-refractivity contribution in [3.8, 4) is 0 Å². The van der Waals surface area contributed by atoms with Crippen LogP contribution in [0.15, 0.2) is 24.3 Å². The summed E-state index contributed by atoms with van der Waals surface area (Å²) in [6, 6.07) is 8.24. The Balaban J connectivity index is 2.73. The van der Waals surface area contributed by atoms with Crippen LogP contribution >= 0.6 is 0 Å². The van der Waals surface area contributed by atoms with Crippen LogP contribution in [-0.4, -0.2) is 13.2 Å². The van der Waals surface area contributed by atoms with E-state index >= 15 is 0 Å². The number of hydrogen-bond donors (Lipinski definition) is 1. The summed E-state index contributed by atoms with van der Waals surface area (Å²) in [4.78, 5) is 0. The van der Waals surface area contributed by atoms with E-state index in [4.69, 9.17) is 10.5 Å². The van der Waals surface area contributed by atoms with Crippen LogP contribution < -0.4 is 5.73 Å². The van der Waals surface area contributed by atoms with Crippen LogP contribution in [0.25, 0.3) is 0 Å². The molecule has 0 aliphatic carbocycles. The molecule has 1 aromatic rings. The lowest BCUT2D eigenvalue weighted by atomic mass is 10.0. The highest BCUT2D eigenvalue weighted by Crippen LogP contribution is 2.19. The molecule has 78 valence electrons. The molecule has 0 amide bonds. The molecule has 2 nitrogen and oxygen atoms in total. The fourth-order valence-corrected chi connectivity index (χ4v) is 1.49.